The first kappa shape index (κ1) is 18.2. The van der Waals surface area contributed by atoms with E-state index in [0.717, 1.165) is 0 Å². The van der Waals surface area contributed by atoms with Gasteiger partial charge in [-0.2, -0.15) is 0 Å². The van der Waals surface area contributed by atoms with Gasteiger partial charge in [0.1, 0.15) is 11.6 Å². The van der Waals surface area contributed by atoms with Crippen molar-refractivity contribution in [2.75, 3.05) is 0 Å². The molecule has 0 aromatic rings. The maximum atomic E-state index is 11.6. The molecule has 0 aromatic heterocycles. The second-order valence-corrected chi connectivity index (χ2v) is 5.22. The fourth-order valence-corrected chi connectivity index (χ4v) is 0.757. The van der Waals surface area contributed by atoms with E-state index in [1.165, 1.54) is 13.8 Å². The van der Waals surface area contributed by atoms with Crippen molar-refractivity contribution < 1.29 is 38.7 Å². The number of Topliss-reactive ketones (excluding diaryl/α,β-unsaturated/α-hetero) is 2. The van der Waals surface area contributed by atoms with Crippen LogP contribution in [-0.2, 0) is 9.59 Å². The quantitative estimate of drug-likeness (QED) is 0.357. The summed E-state index contributed by atoms with van der Waals surface area (Å²) in [7, 11) is 0. The zero-order valence-corrected chi connectivity index (χ0v) is 10.9. The van der Waals surface area contributed by atoms with Gasteiger partial charge in [-0.05, 0) is 0 Å². The first-order chi connectivity index (χ1) is 6.49. The van der Waals surface area contributed by atoms with E-state index >= 15 is 0 Å². The average Bonchev–Trinajstić information content (AvgIpc) is 2.01. The van der Waals surface area contributed by atoms with Crippen LogP contribution in [0.5, 0.6) is 0 Å². The molecule has 0 saturated heterocycles. The fraction of sp³-hybridized carbons (Fsp3) is 0.727. The molecule has 0 aliphatic rings. The third-order valence-corrected chi connectivity index (χ3v) is 2.41. The molecule has 2 N–H and O–H groups in total. The molecule has 5 heteroatoms. The fourth-order valence-electron chi connectivity index (χ4n) is 0.757. The Bertz CT molecular complexity index is 264. The summed E-state index contributed by atoms with van der Waals surface area (Å²) < 4.78 is 0. The monoisotopic (exact) mass is 222 g/mol. The van der Waals surface area contributed by atoms with Crippen LogP contribution < -0.4 is 18.9 Å². The zero-order chi connectivity index (χ0) is 12.4. The molecule has 0 aliphatic carbocycles. The van der Waals surface area contributed by atoms with E-state index in [1.54, 1.807) is 20.8 Å². The van der Waals surface area contributed by atoms with Gasteiger partial charge in [0.25, 0.3) is 0 Å². The predicted molar refractivity (Wildman–Crippen MR) is 55.0 cm³/mol. The summed E-state index contributed by atoms with van der Waals surface area (Å²) in [5.74, 6) is -0.691. The Hall–Kier alpha value is -0.143. The van der Waals surface area contributed by atoms with Gasteiger partial charge in [0.2, 0.25) is 0 Å². The van der Waals surface area contributed by atoms with Crippen LogP contribution in [-0.4, -0.2) is 21.8 Å². The molecule has 0 unspecified atom stereocenters. The van der Waals surface area contributed by atoms with Gasteiger partial charge in [0.15, 0.2) is 0 Å². The molecule has 0 atom stereocenters. The summed E-state index contributed by atoms with van der Waals surface area (Å²) in [6.07, 6.45) is -1.23. The van der Waals surface area contributed by atoms with Crippen molar-refractivity contribution in [2.24, 2.45) is 10.8 Å². The van der Waals surface area contributed by atoms with Crippen molar-refractivity contribution in [3.8, 4) is 0 Å². The smallest absolute Gasteiger partial charge is 0.535 e. The van der Waals surface area contributed by atoms with Gasteiger partial charge < -0.3 is 15.0 Å². The van der Waals surface area contributed by atoms with Crippen LogP contribution in [0.1, 0.15) is 41.0 Å². The van der Waals surface area contributed by atoms with Crippen LogP contribution in [0.3, 0.4) is 0 Å². The van der Waals surface area contributed by atoms with Crippen molar-refractivity contribution in [1.82, 2.24) is 0 Å². The Morgan fingerprint density at radius 1 is 1.00 bits per heavy atom. The number of aliphatic hydroxyl groups excluding tert-OH is 1. The molecular weight excluding hydrogens is 203 g/mol. The molecule has 0 heterocycles. The van der Waals surface area contributed by atoms with Crippen molar-refractivity contribution in [3.63, 3.8) is 0 Å². The van der Waals surface area contributed by atoms with Crippen LogP contribution in [0.2, 0.25) is 0 Å². The van der Waals surface area contributed by atoms with Crippen LogP contribution in [0.15, 0.2) is 0 Å². The maximum absolute atomic E-state index is 11.6. The van der Waals surface area contributed by atoms with E-state index in [9.17, 15) is 9.59 Å². The number of rotatable bonds is 4. The van der Waals surface area contributed by atoms with Crippen molar-refractivity contribution in [2.45, 2.75) is 41.0 Å². The number of carbonyl (C=O) groups excluding carboxylic acids is 2. The Morgan fingerprint density at radius 2 is 1.38 bits per heavy atom. The topological polar surface area (TPSA) is 74.6 Å². The van der Waals surface area contributed by atoms with Gasteiger partial charge in [-0.15, -0.1) is 0 Å². The SMILES string of the molecule is CC(C)(C)C(=O)CC(=O)C(C)(C)[C-](O)O.[Li+]. The van der Waals surface area contributed by atoms with Gasteiger partial charge in [-0.1, -0.05) is 46.3 Å². The molecule has 0 fully saturated rings. The van der Waals surface area contributed by atoms with E-state index in [2.05, 4.69) is 0 Å². The van der Waals surface area contributed by atoms with Gasteiger partial charge in [-0.3, -0.25) is 4.79 Å². The van der Waals surface area contributed by atoms with Crippen molar-refractivity contribution in [3.05, 3.63) is 6.29 Å². The number of hydrogen-bond acceptors (Lipinski definition) is 4. The summed E-state index contributed by atoms with van der Waals surface area (Å²) >= 11 is 0. The molecule has 0 bridgehead atoms. The minimum Gasteiger partial charge on any atom is -0.535 e. The predicted octanol–water partition coefficient (Wildman–Crippen LogP) is -1.17. The summed E-state index contributed by atoms with van der Waals surface area (Å²) in [5.41, 5.74) is -1.96. The number of hydrogen-bond donors (Lipinski definition) is 2. The molecule has 0 spiro atoms. The van der Waals surface area contributed by atoms with E-state index in [4.69, 9.17) is 10.2 Å². The van der Waals surface area contributed by atoms with Crippen LogP contribution in [0.25, 0.3) is 0 Å². The van der Waals surface area contributed by atoms with E-state index in [-0.39, 0.29) is 31.1 Å². The molecule has 0 saturated carbocycles. The zero-order valence-electron chi connectivity index (χ0n) is 10.9. The van der Waals surface area contributed by atoms with Crippen LogP contribution in [0.4, 0.5) is 0 Å². The number of ketones is 2. The van der Waals surface area contributed by atoms with E-state index < -0.39 is 22.9 Å². The van der Waals surface area contributed by atoms with E-state index in [1.807, 2.05) is 0 Å². The van der Waals surface area contributed by atoms with Gasteiger partial charge in [0.05, 0.1) is 6.42 Å². The second kappa shape index (κ2) is 5.97. The minimum atomic E-state index is -1.37. The Labute approximate surface area is 109 Å². The molecule has 4 nitrogen and oxygen atoms in total. The summed E-state index contributed by atoms with van der Waals surface area (Å²) in [6.45, 7) is 7.91. The first-order valence-electron chi connectivity index (χ1n) is 4.81. The maximum Gasteiger partial charge on any atom is 1.00 e. The molecule has 0 amide bonds. The van der Waals surface area contributed by atoms with Crippen LogP contribution in [0, 0.1) is 17.1 Å². The van der Waals surface area contributed by atoms with Gasteiger partial charge >= 0.3 is 18.9 Å². The van der Waals surface area contributed by atoms with Crippen molar-refractivity contribution >= 4 is 11.6 Å². The number of carbonyl (C=O) groups is 2. The molecule has 88 valence electrons. The Balaban J connectivity index is 0. The molecule has 0 aliphatic heterocycles. The van der Waals surface area contributed by atoms with E-state index in [0.29, 0.717) is 0 Å². The molecular formula is C11H19LiO4. The van der Waals surface area contributed by atoms with Crippen molar-refractivity contribution in [1.29, 1.82) is 0 Å². The van der Waals surface area contributed by atoms with Gasteiger partial charge in [-0.25, -0.2) is 0 Å². The molecule has 0 radical (unpaired) electrons. The number of aliphatic hydroxyl groups is 2. The third-order valence-electron chi connectivity index (χ3n) is 2.41. The third kappa shape index (κ3) is 4.80. The summed E-state index contributed by atoms with van der Waals surface area (Å²) in [4.78, 5) is 23.2. The molecule has 16 heavy (non-hydrogen) atoms. The Morgan fingerprint density at radius 3 is 1.62 bits per heavy atom. The minimum absolute atomic E-state index is 0. The molecule has 0 aromatic carbocycles. The Kier molecular flexibility index (Phi) is 6.80. The summed E-state index contributed by atoms with van der Waals surface area (Å²) in [6, 6.07) is 0. The summed E-state index contributed by atoms with van der Waals surface area (Å²) in [5, 5.41) is 17.8. The average molecular weight is 222 g/mol. The van der Waals surface area contributed by atoms with Crippen LogP contribution >= 0.6 is 0 Å². The largest absolute Gasteiger partial charge is 1.00 e. The standard InChI is InChI=1S/C11H19O4.Li/c1-10(2,3)7(12)6-8(13)11(4,5)9(14)15;/h14-15H,6H2,1-5H3;/q-1;+1. The first-order valence-corrected chi connectivity index (χ1v) is 4.81. The van der Waals surface area contributed by atoms with Gasteiger partial charge in [0, 0.05) is 5.41 Å². The second-order valence-electron chi connectivity index (χ2n) is 5.22. The molecule has 0 rings (SSSR count). The normalized spacial score (nSPS) is 12.2.